The SMILES string of the molecule is PNn1cccn1. The van der Waals surface area contributed by atoms with Crippen LogP contribution in [0.1, 0.15) is 0 Å². The Morgan fingerprint density at radius 3 is 2.86 bits per heavy atom. The van der Waals surface area contributed by atoms with Crippen LogP contribution < -0.4 is 5.20 Å². The molecule has 1 aromatic heterocycles. The summed E-state index contributed by atoms with van der Waals surface area (Å²) in [6.45, 7) is 0. The van der Waals surface area contributed by atoms with Crippen molar-refractivity contribution in [3.63, 3.8) is 0 Å². The van der Waals surface area contributed by atoms with Crippen molar-refractivity contribution in [1.82, 2.24) is 9.89 Å². The van der Waals surface area contributed by atoms with E-state index in [1.807, 2.05) is 12.3 Å². The molecule has 0 fully saturated rings. The number of nitrogens with one attached hydrogen (secondary N) is 1. The van der Waals surface area contributed by atoms with Gasteiger partial charge >= 0.3 is 0 Å². The van der Waals surface area contributed by atoms with Crippen molar-refractivity contribution >= 4 is 9.39 Å². The van der Waals surface area contributed by atoms with Gasteiger partial charge in [0.2, 0.25) is 0 Å². The second kappa shape index (κ2) is 1.94. The second-order valence-electron chi connectivity index (χ2n) is 1.08. The van der Waals surface area contributed by atoms with Crippen LogP contribution in [0.5, 0.6) is 0 Å². The van der Waals surface area contributed by atoms with Gasteiger partial charge in [-0.3, -0.25) is 5.20 Å². The minimum atomic E-state index is 1.59. The Hall–Kier alpha value is -0.560. The highest BCUT2D eigenvalue weighted by Gasteiger charge is 1.75. The van der Waals surface area contributed by atoms with E-state index in [0.29, 0.717) is 0 Å². The van der Waals surface area contributed by atoms with Crippen LogP contribution in [0.15, 0.2) is 18.5 Å². The summed E-state index contributed by atoms with van der Waals surface area (Å²) in [6.07, 6.45) is 3.52. The summed E-state index contributed by atoms with van der Waals surface area (Å²) in [5.74, 6) is 0. The van der Waals surface area contributed by atoms with Gasteiger partial charge in [-0.2, -0.15) is 9.89 Å². The number of aromatic nitrogens is 2. The number of hydrogen-bond donors (Lipinski definition) is 1. The summed E-state index contributed by atoms with van der Waals surface area (Å²) >= 11 is 0. The highest BCUT2D eigenvalue weighted by atomic mass is 31.0. The van der Waals surface area contributed by atoms with Gasteiger partial charge in [0.25, 0.3) is 0 Å². The van der Waals surface area contributed by atoms with E-state index < -0.39 is 0 Å². The minimum absolute atomic E-state index is 1.59. The van der Waals surface area contributed by atoms with Gasteiger partial charge in [0.15, 0.2) is 0 Å². The van der Waals surface area contributed by atoms with Crippen molar-refractivity contribution < 1.29 is 0 Å². The van der Waals surface area contributed by atoms with Crippen LogP contribution in [0, 0.1) is 0 Å². The van der Waals surface area contributed by atoms with Crippen LogP contribution in [0.4, 0.5) is 0 Å². The van der Waals surface area contributed by atoms with Crippen LogP contribution in [0.2, 0.25) is 0 Å². The fraction of sp³-hybridized carbons (Fsp3) is 0. The van der Waals surface area contributed by atoms with Crippen LogP contribution in [0.3, 0.4) is 0 Å². The average molecular weight is 115 g/mol. The Morgan fingerprint density at radius 1 is 1.71 bits per heavy atom. The van der Waals surface area contributed by atoms with Crippen molar-refractivity contribution in [3.05, 3.63) is 18.5 Å². The van der Waals surface area contributed by atoms with E-state index >= 15 is 0 Å². The van der Waals surface area contributed by atoms with E-state index in [4.69, 9.17) is 0 Å². The summed E-state index contributed by atoms with van der Waals surface area (Å²) in [5, 5.41) is 6.55. The van der Waals surface area contributed by atoms with Crippen molar-refractivity contribution in [2.75, 3.05) is 5.20 Å². The molecule has 1 heterocycles. The van der Waals surface area contributed by atoms with E-state index in [1.165, 1.54) is 0 Å². The zero-order valence-electron chi connectivity index (χ0n) is 3.70. The third-order valence-corrected chi connectivity index (χ3v) is 0.901. The molecule has 1 atom stereocenters. The molecule has 0 spiro atoms. The molecular formula is C3H6N3P. The van der Waals surface area contributed by atoms with Crippen molar-refractivity contribution in [2.24, 2.45) is 0 Å². The van der Waals surface area contributed by atoms with Gasteiger partial charge in [0, 0.05) is 6.20 Å². The normalized spacial score (nSPS) is 8.71. The third kappa shape index (κ3) is 0.904. The molecule has 0 aromatic carbocycles. The topological polar surface area (TPSA) is 29.9 Å². The second-order valence-corrected chi connectivity index (χ2v) is 1.34. The first-order chi connectivity index (χ1) is 3.43. The third-order valence-electron chi connectivity index (χ3n) is 0.637. The molecule has 0 aliphatic carbocycles. The smallest absolute Gasteiger partial charge is 0.0510 e. The lowest BCUT2D eigenvalue weighted by atomic mass is 10.8. The zero-order chi connectivity index (χ0) is 5.11. The molecule has 0 aliphatic rings. The van der Waals surface area contributed by atoms with Crippen molar-refractivity contribution in [1.29, 1.82) is 0 Å². The zero-order valence-corrected chi connectivity index (χ0v) is 4.86. The largest absolute Gasteiger partial charge is 0.295 e. The van der Waals surface area contributed by atoms with Gasteiger partial charge in [-0.05, 0) is 15.5 Å². The van der Waals surface area contributed by atoms with Gasteiger partial charge in [-0.15, -0.1) is 0 Å². The van der Waals surface area contributed by atoms with Crippen LogP contribution in [-0.4, -0.2) is 9.89 Å². The van der Waals surface area contributed by atoms with Gasteiger partial charge in [-0.25, -0.2) is 0 Å². The maximum atomic E-state index is 3.82. The molecule has 0 bridgehead atoms. The predicted octanol–water partition coefficient (Wildman–Crippen LogP) is 0.217. The fourth-order valence-electron chi connectivity index (χ4n) is 0.345. The number of hydrogen-bond acceptors (Lipinski definition) is 2. The first kappa shape index (κ1) is 4.60. The molecule has 7 heavy (non-hydrogen) atoms. The molecule has 3 nitrogen and oxygen atoms in total. The average Bonchev–Trinajstić information content (AvgIpc) is 2.14. The molecule has 1 unspecified atom stereocenters. The van der Waals surface area contributed by atoms with E-state index in [0.717, 1.165) is 0 Å². The maximum Gasteiger partial charge on any atom is 0.0510 e. The Morgan fingerprint density at radius 2 is 2.57 bits per heavy atom. The summed E-state index contributed by atoms with van der Waals surface area (Å²) in [4.78, 5) is 1.59. The maximum absolute atomic E-state index is 3.82. The molecule has 1 rings (SSSR count). The van der Waals surface area contributed by atoms with Gasteiger partial charge in [0.05, 0.1) is 6.20 Å². The van der Waals surface area contributed by atoms with E-state index in [-0.39, 0.29) is 0 Å². The molecular weight excluding hydrogens is 109 g/mol. The van der Waals surface area contributed by atoms with E-state index in [1.54, 1.807) is 11.0 Å². The van der Waals surface area contributed by atoms with E-state index in [9.17, 15) is 0 Å². The summed E-state index contributed by atoms with van der Waals surface area (Å²) in [7, 11) is 2.33. The van der Waals surface area contributed by atoms with Gasteiger partial charge in [-0.1, -0.05) is 0 Å². The lowest BCUT2D eigenvalue weighted by molar-refractivity contribution is 0.833. The van der Waals surface area contributed by atoms with Crippen LogP contribution in [-0.2, 0) is 0 Å². The first-order valence-electron chi connectivity index (χ1n) is 1.90. The first-order valence-corrected chi connectivity index (χ1v) is 2.47. The summed E-state index contributed by atoms with van der Waals surface area (Å²) in [5.41, 5.74) is 0. The number of nitrogens with zero attached hydrogens (tertiary/aromatic N) is 2. The molecule has 1 N–H and O–H groups in total. The Balaban J connectivity index is 2.76. The van der Waals surface area contributed by atoms with Crippen LogP contribution >= 0.6 is 9.39 Å². The predicted molar refractivity (Wildman–Crippen MR) is 31.3 cm³/mol. The van der Waals surface area contributed by atoms with Crippen LogP contribution in [0.25, 0.3) is 0 Å². The Labute approximate surface area is 43.9 Å². The van der Waals surface area contributed by atoms with Gasteiger partial charge < -0.3 is 0 Å². The van der Waals surface area contributed by atoms with Crippen molar-refractivity contribution in [2.45, 2.75) is 0 Å². The highest BCUT2D eigenvalue weighted by Crippen LogP contribution is 1.80. The number of rotatable bonds is 1. The van der Waals surface area contributed by atoms with Crippen molar-refractivity contribution in [3.8, 4) is 0 Å². The van der Waals surface area contributed by atoms with E-state index in [2.05, 4.69) is 19.7 Å². The Kier molecular flexibility index (Phi) is 1.27. The molecule has 1 aromatic rings. The molecule has 0 amide bonds. The fourth-order valence-corrected chi connectivity index (χ4v) is 0.498. The monoisotopic (exact) mass is 115 g/mol. The standard InChI is InChI=1S/C3H6N3P/c7-5-6-3-1-2-4-6/h1-3,5H,7H2. The molecule has 0 aliphatic heterocycles. The molecule has 0 saturated carbocycles. The minimum Gasteiger partial charge on any atom is -0.295 e. The summed E-state index contributed by atoms with van der Waals surface area (Å²) < 4.78 is 0. The molecule has 0 saturated heterocycles. The summed E-state index contributed by atoms with van der Waals surface area (Å²) in [6, 6.07) is 1.84. The molecule has 38 valence electrons. The molecule has 0 radical (unpaired) electrons. The highest BCUT2D eigenvalue weighted by molar-refractivity contribution is 7.17. The van der Waals surface area contributed by atoms with Gasteiger partial charge in [0.1, 0.15) is 0 Å². The molecule has 4 heteroatoms. The quantitative estimate of drug-likeness (QED) is 0.530. The lowest BCUT2D eigenvalue weighted by Gasteiger charge is -1.92. The lowest BCUT2D eigenvalue weighted by Crippen LogP contribution is -2.01. The Bertz CT molecular complexity index is 125.